The number of halogens is 1. The van der Waals surface area contributed by atoms with Crippen molar-refractivity contribution in [3.63, 3.8) is 0 Å². The minimum atomic E-state index is -0.757. The first-order valence-corrected chi connectivity index (χ1v) is 8.83. The van der Waals surface area contributed by atoms with Crippen molar-refractivity contribution in [2.45, 2.75) is 26.3 Å². The summed E-state index contributed by atoms with van der Waals surface area (Å²) in [7, 11) is 0. The Hall–Kier alpha value is -2.93. The van der Waals surface area contributed by atoms with Gasteiger partial charge in [0.2, 0.25) is 5.91 Å². The molecule has 142 valence electrons. The Kier molecular flexibility index (Phi) is 6.90. The minimum Gasteiger partial charge on any atom is -0.327 e. The van der Waals surface area contributed by atoms with Crippen molar-refractivity contribution in [3.05, 3.63) is 69.2 Å². The summed E-state index contributed by atoms with van der Waals surface area (Å²) in [5.41, 5.74) is 0.389. The highest BCUT2D eigenvalue weighted by Crippen LogP contribution is 2.26. The van der Waals surface area contributed by atoms with Crippen molar-refractivity contribution < 1.29 is 14.5 Å². The van der Waals surface area contributed by atoms with E-state index in [1.165, 1.54) is 17.0 Å². The number of benzene rings is 2. The first kappa shape index (κ1) is 20.4. The Balaban J connectivity index is 2.25. The number of anilines is 1. The summed E-state index contributed by atoms with van der Waals surface area (Å²) in [6, 6.07) is 12.0. The monoisotopic (exact) mass is 389 g/mol. The van der Waals surface area contributed by atoms with Crippen LogP contribution in [0.4, 0.5) is 11.4 Å². The fourth-order valence-corrected chi connectivity index (χ4v) is 2.76. The van der Waals surface area contributed by atoms with Crippen LogP contribution in [0.25, 0.3) is 0 Å². The van der Waals surface area contributed by atoms with E-state index in [0.717, 1.165) is 6.07 Å². The van der Waals surface area contributed by atoms with Gasteiger partial charge in [-0.1, -0.05) is 36.7 Å². The highest BCUT2D eigenvalue weighted by Gasteiger charge is 2.27. The van der Waals surface area contributed by atoms with Gasteiger partial charge < -0.3 is 10.2 Å². The molecule has 0 aliphatic carbocycles. The molecule has 0 bridgehead atoms. The minimum absolute atomic E-state index is 0.0477. The number of nitro groups is 1. The number of hydrogen-bond acceptors (Lipinski definition) is 4. The average molecular weight is 390 g/mol. The third kappa shape index (κ3) is 5.04. The molecule has 0 heterocycles. The molecule has 1 atom stereocenters. The van der Waals surface area contributed by atoms with Gasteiger partial charge in [-0.15, -0.1) is 0 Å². The van der Waals surface area contributed by atoms with Gasteiger partial charge >= 0.3 is 0 Å². The molecule has 0 saturated heterocycles. The van der Waals surface area contributed by atoms with Gasteiger partial charge in [-0.3, -0.25) is 19.7 Å². The normalized spacial score (nSPS) is 11.5. The molecule has 0 aliphatic rings. The predicted molar refractivity (Wildman–Crippen MR) is 104 cm³/mol. The molecule has 7 nitrogen and oxygen atoms in total. The zero-order chi connectivity index (χ0) is 20.0. The van der Waals surface area contributed by atoms with Gasteiger partial charge in [0.15, 0.2) is 0 Å². The highest BCUT2D eigenvalue weighted by molar-refractivity contribution is 6.32. The van der Waals surface area contributed by atoms with E-state index in [1.807, 2.05) is 13.0 Å². The molecule has 0 radical (unpaired) electrons. The lowest BCUT2D eigenvalue weighted by Crippen LogP contribution is -2.46. The van der Waals surface area contributed by atoms with E-state index >= 15 is 0 Å². The van der Waals surface area contributed by atoms with E-state index in [4.69, 9.17) is 11.6 Å². The van der Waals surface area contributed by atoms with Gasteiger partial charge in [-0.25, -0.2) is 0 Å². The van der Waals surface area contributed by atoms with E-state index in [-0.39, 0.29) is 22.2 Å². The van der Waals surface area contributed by atoms with Crippen molar-refractivity contribution in [3.8, 4) is 0 Å². The second kappa shape index (κ2) is 9.14. The first-order valence-electron chi connectivity index (χ1n) is 8.46. The number of nitro benzene ring substituents is 1. The maximum atomic E-state index is 12.9. The van der Waals surface area contributed by atoms with Gasteiger partial charge in [-0.2, -0.15) is 0 Å². The van der Waals surface area contributed by atoms with Crippen LogP contribution in [0.3, 0.4) is 0 Å². The number of para-hydroxylation sites is 1. The summed E-state index contributed by atoms with van der Waals surface area (Å²) in [6.45, 7) is 3.83. The molecule has 0 fully saturated rings. The smallest absolute Gasteiger partial charge is 0.288 e. The van der Waals surface area contributed by atoms with Gasteiger partial charge in [0.1, 0.15) is 11.1 Å². The lowest BCUT2D eigenvalue weighted by atomic mass is 10.1. The topological polar surface area (TPSA) is 92.6 Å². The second-order valence-corrected chi connectivity index (χ2v) is 6.36. The molecule has 2 aromatic carbocycles. The van der Waals surface area contributed by atoms with Crippen LogP contribution in [0.1, 0.15) is 30.6 Å². The van der Waals surface area contributed by atoms with E-state index in [0.29, 0.717) is 18.7 Å². The van der Waals surface area contributed by atoms with Gasteiger partial charge in [-0.05, 0) is 37.6 Å². The number of nitrogens with one attached hydrogen (secondary N) is 1. The zero-order valence-electron chi connectivity index (χ0n) is 15.0. The zero-order valence-corrected chi connectivity index (χ0v) is 15.8. The number of amides is 2. The summed E-state index contributed by atoms with van der Waals surface area (Å²) in [5, 5.41) is 13.8. The lowest BCUT2D eigenvalue weighted by molar-refractivity contribution is -0.384. The van der Waals surface area contributed by atoms with Gasteiger partial charge in [0.05, 0.1) is 4.92 Å². The SMILES string of the molecule is CCCN(C(=O)c1ccc(Cl)c([N+](=O)[O-])c1)[C@@H](C)C(=O)Nc1ccccc1. The van der Waals surface area contributed by atoms with Gasteiger partial charge in [0, 0.05) is 23.9 Å². The number of carbonyl (C=O) groups excluding carboxylic acids is 2. The molecule has 8 heteroatoms. The van der Waals surface area contributed by atoms with E-state index < -0.39 is 16.9 Å². The molecule has 0 aromatic heterocycles. The van der Waals surface area contributed by atoms with Crippen molar-refractivity contribution in [1.82, 2.24) is 4.90 Å². The van der Waals surface area contributed by atoms with E-state index in [2.05, 4.69) is 5.32 Å². The van der Waals surface area contributed by atoms with Crippen LogP contribution in [0, 0.1) is 10.1 Å². The summed E-state index contributed by atoms with van der Waals surface area (Å²) in [4.78, 5) is 37.3. The molecular weight excluding hydrogens is 370 g/mol. The number of nitrogens with zero attached hydrogens (tertiary/aromatic N) is 2. The van der Waals surface area contributed by atoms with Crippen molar-refractivity contribution in [1.29, 1.82) is 0 Å². The molecule has 2 rings (SSSR count). The summed E-state index contributed by atoms with van der Waals surface area (Å²) >= 11 is 5.81. The van der Waals surface area contributed by atoms with Gasteiger partial charge in [0.25, 0.3) is 11.6 Å². The van der Waals surface area contributed by atoms with Crippen LogP contribution < -0.4 is 5.32 Å². The molecular formula is C19H20ClN3O4. The Labute approximate surface area is 162 Å². The highest BCUT2D eigenvalue weighted by atomic mass is 35.5. The molecule has 0 aliphatic heterocycles. The molecule has 0 saturated carbocycles. The molecule has 0 spiro atoms. The largest absolute Gasteiger partial charge is 0.327 e. The fourth-order valence-electron chi connectivity index (χ4n) is 2.57. The maximum Gasteiger partial charge on any atom is 0.288 e. The Morgan fingerprint density at radius 2 is 1.89 bits per heavy atom. The molecule has 2 amide bonds. The van der Waals surface area contributed by atoms with Crippen LogP contribution >= 0.6 is 11.6 Å². The van der Waals surface area contributed by atoms with Crippen LogP contribution in [-0.2, 0) is 4.79 Å². The third-order valence-electron chi connectivity index (χ3n) is 4.00. The summed E-state index contributed by atoms with van der Waals surface area (Å²) in [5.74, 6) is -0.807. The number of carbonyl (C=O) groups is 2. The maximum absolute atomic E-state index is 12.9. The standard InChI is InChI=1S/C19H20ClN3O4/c1-3-11-22(13(2)18(24)21-15-7-5-4-6-8-15)19(25)14-9-10-16(20)17(12-14)23(26)27/h4-10,12-13H,3,11H2,1-2H3,(H,21,24)/t13-/m0/s1. The predicted octanol–water partition coefficient (Wildman–Crippen LogP) is 4.13. The Morgan fingerprint density at radius 3 is 2.48 bits per heavy atom. The van der Waals surface area contributed by atoms with Crippen molar-refractivity contribution in [2.75, 3.05) is 11.9 Å². The van der Waals surface area contributed by atoms with Crippen LogP contribution in [0.15, 0.2) is 48.5 Å². The number of hydrogen-bond donors (Lipinski definition) is 1. The molecule has 2 aromatic rings. The van der Waals surface area contributed by atoms with Crippen LogP contribution in [0.5, 0.6) is 0 Å². The average Bonchev–Trinajstić information content (AvgIpc) is 2.66. The molecule has 1 N–H and O–H groups in total. The first-order chi connectivity index (χ1) is 12.8. The Morgan fingerprint density at radius 1 is 1.22 bits per heavy atom. The lowest BCUT2D eigenvalue weighted by Gasteiger charge is -2.28. The Bertz CT molecular complexity index is 842. The summed E-state index contributed by atoms with van der Waals surface area (Å²) < 4.78 is 0. The fraction of sp³-hybridized carbons (Fsp3) is 0.263. The summed E-state index contributed by atoms with van der Waals surface area (Å²) in [6.07, 6.45) is 0.629. The quantitative estimate of drug-likeness (QED) is 0.569. The van der Waals surface area contributed by atoms with Crippen molar-refractivity contribution >= 4 is 34.8 Å². The third-order valence-corrected chi connectivity index (χ3v) is 4.32. The van der Waals surface area contributed by atoms with Crippen LogP contribution in [-0.4, -0.2) is 34.2 Å². The number of rotatable bonds is 7. The van der Waals surface area contributed by atoms with Crippen LogP contribution in [0.2, 0.25) is 5.02 Å². The molecule has 27 heavy (non-hydrogen) atoms. The second-order valence-electron chi connectivity index (χ2n) is 5.95. The van der Waals surface area contributed by atoms with E-state index in [9.17, 15) is 19.7 Å². The van der Waals surface area contributed by atoms with E-state index in [1.54, 1.807) is 31.2 Å². The van der Waals surface area contributed by atoms with Crippen molar-refractivity contribution in [2.24, 2.45) is 0 Å². The molecule has 0 unspecified atom stereocenters.